The van der Waals surface area contributed by atoms with Gasteiger partial charge in [-0.1, -0.05) is 20.3 Å². The van der Waals surface area contributed by atoms with E-state index in [2.05, 4.69) is 18.8 Å². The molecule has 0 fully saturated rings. The molecular weight excluding hydrogens is 172 g/mol. The van der Waals surface area contributed by atoms with Crippen molar-refractivity contribution in [2.24, 2.45) is 16.6 Å². The summed E-state index contributed by atoms with van der Waals surface area (Å²) in [6.07, 6.45) is 4.71. The minimum atomic E-state index is 0. The number of nitrogens with two attached hydrogens (primary N) is 1. The van der Waals surface area contributed by atoms with Gasteiger partial charge in [-0.25, -0.2) is 0 Å². The molecule has 0 saturated carbocycles. The van der Waals surface area contributed by atoms with Gasteiger partial charge in [-0.3, -0.25) is 4.99 Å². The molecule has 0 spiro atoms. The molecule has 2 atom stereocenters. The fourth-order valence-electron chi connectivity index (χ4n) is 1.87. The highest BCUT2D eigenvalue weighted by Crippen LogP contribution is 2.26. The molecule has 0 radical (unpaired) electrons. The Bertz CT molecular complexity index is 157. The highest BCUT2D eigenvalue weighted by molar-refractivity contribution is 5.85. The molecule has 0 amide bonds. The molecule has 2 unspecified atom stereocenters. The topological polar surface area (TPSA) is 38.4 Å². The van der Waals surface area contributed by atoms with Gasteiger partial charge in [0.25, 0.3) is 0 Å². The first-order valence-electron chi connectivity index (χ1n) is 4.60. The van der Waals surface area contributed by atoms with Gasteiger partial charge in [-0.2, -0.15) is 0 Å². The van der Waals surface area contributed by atoms with Crippen LogP contribution in [0.15, 0.2) is 4.99 Å². The van der Waals surface area contributed by atoms with Crippen molar-refractivity contribution >= 4 is 18.2 Å². The Morgan fingerprint density at radius 1 is 1.50 bits per heavy atom. The van der Waals surface area contributed by atoms with Crippen LogP contribution in [0.3, 0.4) is 0 Å². The summed E-state index contributed by atoms with van der Waals surface area (Å²) in [6, 6.07) is 0.523. The Balaban J connectivity index is 0.00000121. The van der Waals surface area contributed by atoms with E-state index in [-0.39, 0.29) is 12.4 Å². The maximum absolute atomic E-state index is 5.67. The lowest BCUT2D eigenvalue weighted by Crippen LogP contribution is -2.13. The molecule has 1 aliphatic heterocycles. The van der Waals surface area contributed by atoms with Crippen LogP contribution in [0.1, 0.15) is 39.5 Å². The molecule has 0 aliphatic carbocycles. The summed E-state index contributed by atoms with van der Waals surface area (Å²) in [5, 5.41) is 0. The molecule has 12 heavy (non-hydrogen) atoms. The fourth-order valence-corrected chi connectivity index (χ4v) is 1.87. The van der Waals surface area contributed by atoms with Crippen molar-refractivity contribution in [2.45, 2.75) is 45.6 Å². The predicted octanol–water partition coefficient (Wildman–Crippen LogP) is 2.36. The second-order valence-corrected chi connectivity index (χ2v) is 3.35. The highest BCUT2D eigenvalue weighted by atomic mass is 35.5. The van der Waals surface area contributed by atoms with Crippen LogP contribution >= 0.6 is 12.4 Å². The van der Waals surface area contributed by atoms with E-state index < -0.39 is 0 Å². The van der Waals surface area contributed by atoms with Gasteiger partial charge in [0.2, 0.25) is 0 Å². The van der Waals surface area contributed by atoms with Crippen molar-refractivity contribution in [1.82, 2.24) is 0 Å². The number of hydrogen-bond acceptors (Lipinski definition) is 2. The van der Waals surface area contributed by atoms with Crippen molar-refractivity contribution in [2.75, 3.05) is 0 Å². The summed E-state index contributed by atoms with van der Waals surface area (Å²) in [6.45, 7) is 4.41. The van der Waals surface area contributed by atoms with Gasteiger partial charge >= 0.3 is 0 Å². The normalized spacial score (nSPS) is 28.0. The molecule has 1 aliphatic rings. The van der Waals surface area contributed by atoms with Crippen molar-refractivity contribution in [3.63, 3.8) is 0 Å². The van der Waals surface area contributed by atoms with Crippen molar-refractivity contribution < 1.29 is 0 Å². The predicted molar refractivity (Wildman–Crippen MR) is 56.0 cm³/mol. The van der Waals surface area contributed by atoms with Gasteiger partial charge in [0.1, 0.15) is 0 Å². The Hall–Kier alpha value is -0.240. The second kappa shape index (κ2) is 5.41. The zero-order valence-corrected chi connectivity index (χ0v) is 8.73. The Kier molecular flexibility index (Phi) is 5.31. The first-order valence-corrected chi connectivity index (χ1v) is 4.60. The van der Waals surface area contributed by atoms with E-state index in [1.807, 2.05) is 0 Å². The van der Waals surface area contributed by atoms with Crippen LogP contribution in [0.2, 0.25) is 0 Å². The first kappa shape index (κ1) is 11.8. The number of hydrogen-bond donors (Lipinski definition) is 1. The van der Waals surface area contributed by atoms with Gasteiger partial charge in [0.15, 0.2) is 0 Å². The molecule has 1 heterocycles. The van der Waals surface area contributed by atoms with E-state index in [9.17, 15) is 0 Å². The highest BCUT2D eigenvalue weighted by Gasteiger charge is 2.25. The standard InChI is InChI=1S/C9H18N2.ClH/c1-3-5-7-6-9(10)11-8(7)4-2;/h7-8H,3-6H2,1-2H3,(H2,10,11);1H. The summed E-state index contributed by atoms with van der Waals surface area (Å²) in [5.74, 6) is 1.61. The van der Waals surface area contributed by atoms with Crippen LogP contribution in [-0.2, 0) is 0 Å². The lowest BCUT2D eigenvalue weighted by atomic mass is 9.93. The SMILES string of the molecule is CCCC1CC(N)=NC1CC.Cl. The van der Waals surface area contributed by atoms with E-state index in [0.717, 1.165) is 24.6 Å². The number of amidine groups is 1. The molecular formula is C9H19ClN2. The largest absolute Gasteiger partial charge is 0.387 e. The quantitative estimate of drug-likeness (QED) is 0.729. The average molecular weight is 191 g/mol. The molecule has 0 aromatic rings. The number of nitrogens with zero attached hydrogens (tertiary/aromatic N) is 1. The van der Waals surface area contributed by atoms with E-state index in [1.54, 1.807) is 0 Å². The molecule has 2 N–H and O–H groups in total. The van der Waals surface area contributed by atoms with E-state index in [0.29, 0.717) is 6.04 Å². The van der Waals surface area contributed by atoms with Crippen LogP contribution in [0, 0.1) is 5.92 Å². The third kappa shape index (κ3) is 2.67. The third-order valence-corrected chi connectivity index (χ3v) is 2.42. The van der Waals surface area contributed by atoms with Crippen molar-refractivity contribution in [1.29, 1.82) is 0 Å². The maximum atomic E-state index is 5.67. The van der Waals surface area contributed by atoms with Crippen LogP contribution in [0.25, 0.3) is 0 Å². The third-order valence-electron chi connectivity index (χ3n) is 2.42. The Morgan fingerprint density at radius 2 is 2.17 bits per heavy atom. The molecule has 3 heteroatoms. The fraction of sp³-hybridized carbons (Fsp3) is 0.889. The van der Waals surface area contributed by atoms with Crippen molar-refractivity contribution in [3.05, 3.63) is 0 Å². The molecule has 72 valence electrons. The van der Waals surface area contributed by atoms with Gasteiger partial charge in [0.05, 0.1) is 11.9 Å². The van der Waals surface area contributed by atoms with Gasteiger partial charge in [-0.15, -0.1) is 12.4 Å². The lowest BCUT2D eigenvalue weighted by molar-refractivity contribution is 0.420. The minimum absolute atomic E-state index is 0. The number of aliphatic imine (C=N–C) groups is 1. The Labute approximate surface area is 81.0 Å². The van der Waals surface area contributed by atoms with Gasteiger partial charge in [0, 0.05) is 6.42 Å². The zero-order chi connectivity index (χ0) is 8.27. The molecule has 0 aromatic carbocycles. The lowest BCUT2D eigenvalue weighted by Gasteiger charge is -2.14. The average Bonchev–Trinajstić information content (AvgIpc) is 2.32. The van der Waals surface area contributed by atoms with E-state index in [4.69, 9.17) is 5.73 Å². The summed E-state index contributed by atoms with van der Waals surface area (Å²) in [4.78, 5) is 4.40. The molecule has 1 rings (SSSR count). The molecule has 0 saturated heterocycles. The maximum Gasteiger partial charge on any atom is 0.0944 e. The monoisotopic (exact) mass is 190 g/mol. The van der Waals surface area contributed by atoms with Crippen LogP contribution in [0.4, 0.5) is 0 Å². The van der Waals surface area contributed by atoms with Gasteiger partial charge < -0.3 is 5.73 Å². The van der Waals surface area contributed by atoms with Crippen molar-refractivity contribution in [3.8, 4) is 0 Å². The second-order valence-electron chi connectivity index (χ2n) is 3.35. The molecule has 0 aromatic heterocycles. The van der Waals surface area contributed by atoms with E-state index >= 15 is 0 Å². The first-order chi connectivity index (χ1) is 5.27. The minimum Gasteiger partial charge on any atom is -0.387 e. The zero-order valence-electron chi connectivity index (χ0n) is 7.92. The summed E-state index contributed by atoms with van der Waals surface area (Å²) < 4.78 is 0. The smallest absolute Gasteiger partial charge is 0.0944 e. The summed E-state index contributed by atoms with van der Waals surface area (Å²) in [7, 11) is 0. The van der Waals surface area contributed by atoms with Gasteiger partial charge in [-0.05, 0) is 18.8 Å². The number of rotatable bonds is 3. The number of halogens is 1. The molecule has 2 nitrogen and oxygen atoms in total. The van der Waals surface area contributed by atoms with Crippen LogP contribution in [-0.4, -0.2) is 11.9 Å². The summed E-state index contributed by atoms with van der Waals surface area (Å²) >= 11 is 0. The Morgan fingerprint density at radius 3 is 2.67 bits per heavy atom. The molecule has 0 bridgehead atoms. The van der Waals surface area contributed by atoms with Crippen LogP contribution in [0.5, 0.6) is 0 Å². The summed E-state index contributed by atoms with van der Waals surface area (Å²) in [5.41, 5.74) is 5.67. The van der Waals surface area contributed by atoms with Crippen LogP contribution < -0.4 is 5.73 Å². The van der Waals surface area contributed by atoms with E-state index in [1.165, 1.54) is 12.8 Å².